The molecule has 0 bridgehead atoms. The van der Waals surface area contributed by atoms with Crippen molar-refractivity contribution in [3.8, 4) is 0 Å². The molecule has 23 nitrogen and oxygen atoms in total. The summed E-state index contributed by atoms with van der Waals surface area (Å²) in [5, 5.41) is 135. The van der Waals surface area contributed by atoms with E-state index >= 15 is 0 Å². The van der Waals surface area contributed by atoms with E-state index in [0.29, 0.717) is 12.8 Å². The van der Waals surface area contributed by atoms with Gasteiger partial charge in [-0.25, -0.2) is 4.79 Å². The number of rotatable bonds is 43. The van der Waals surface area contributed by atoms with Crippen molar-refractivity contribution < 1.29 is 104 Å². The lowest BCUT2D eigenvalue weighted by molar-refractivity contribution is -0.386. The fraction of sp³-hybridized carbons (Fsp3) is 0.847. The Labute approximate surface area is 485 Å². The molecule has 0 aromatic carbocycles. The monoisotopic (exact) mass is 1180 g/mol. The van der Waals surface area contributed by atoms with Crippen LogP contribution in [0.2, 0.25) is 0 Å². The summed E-state index contributed by atoms with van der Waals surface area (Å²) in [5.74, 6) is -6.16. The number of nitrogens with one attached hydrogen (secondary N) is 2. The number of amides is 2. The lowest BCUT2D eigenvalue weighted by atomic mass is 9.88. The average Bonchev–Trinajstić information content (AvgIpc) is 3.65. The lowest BCUT2D eigenvalue weighted by Gasteiger charge is -2.50. The van der Waals surface area contributed by atoms with Crippen molar-refractivity contribution >= 4 is 17.8 Å². The van der Waals surface area contributed by atoms with E-state index in [9.17, 15) is 75.7 Å². The van der Waals surface area contributed by atoms with E-state index in [2.05, 4.69) is 48.8 Å². The van der Waals surface area contributed by atoms with Gasteiger partial charge in [0.1, 0.15) is 67.1 Å². The third-order valence-electron chi connectivity index (χ3n) is 15.3. The Morgan fingerprint density at radius 3 is 1.72 bits per heavy atom. The van der Waals surface area contributed by atoms with Gasteiger partial charge in [-0.1, -0.05) is 153 Å². The van der Waals surface area contributed by atoms with Gasteiger partial charge in [0.2, 0.25) is 11.8 Å². The minimum atomic E-state index is -3.08. The molecule has 3 rings (SSSR count). The topological polar surface area (TPSA) is 373 Å². The van der Waals surface area contributed by atoms with Gasteiger partial charge in [-0.2, -0.15) is 0 Å². The maximum atomic E-state index is 13.3. The van der Waals surface area contributed by atoms with Gasteiger partial charge in [-0.3, -0.25) is 9.59 Å². The zero-order valence-electron chi connectivity index (χ0n) is 48.8. The lowest BCUT2D eigenvalue weighted by Crippen LogP contribution is -2.70. The van der Waals surface area contributed by atoms with Gasteiger partial charge in [0.05, 0.1) is 50.7 Å². The molecular weight excluding hydrogens is 1070 g/mol. The first-order chi connectivity index (χ1) is 39.4. The van der Waals surface area contributed by atoms with E-state index in [4.69, 9.17) is 28.4 Å². The number of ether oxygens (including phenoxy) is 6. The predicted octanol–water partition coefficient (Wildman–Crippen LogP) is 2.72. The Balaban J connectivity index is 1.63. The van der Waals surface area contributed by atoms with Crippen molar-refractivity contribution in [3.63, 3.8) is 0 Å². The summed E-state index contributed by atoms with van der Waals surface area (Å²) < 4.78 is 34.6. The largest absolute Gasteiger partial charge is 0.477 e. The molecule has 3 aliphatic heterocycles. The summed E-state index contributed by atoms with van der Waals surface area (Å²) >= 11 is 0. The molecule has 0 aliphatic carbocycles. The zero-order chi connectivity index (χ0) is 60.5. The highest BCUT2D eigenvalue weighted by Gasteiger charge is 2.60. The third-order valence-corrected chi connectivity index (χ3v) is 15.3. The molecule has 82 heavy (non-hydrogen) atoms. The van der Waals surface area contributed by atoms with Crippen molar-refractivity contribution in [3.05, 3.63) is 36.5 Å². The second kappa shape index (κ2) is 41.1. The normalized spacial score (nSPS) is 30.4. The summed E-state index contributed by atoms with van der Waals surface area (Å²) in [7, 11) is 0. The first-order valence-corrected chi connectivity index (χ1v) is 30.4. The zero-order valence-corrected chi connectivity index (χ0v) is 48.8. The van der Waals surface area contributed by atoms with Crippen molar-refractivity contribution in [2.45, 2.75) is 291 Å². The van der Waals surface area contributed by atoms with Gasteiger partial charge in [-0.15, -0.1) is 0 Å². The van der Waals surface area contributed by atoms with Crippen LogP contribution in [0, 0.1) is 0 Å². The molecule has 3 saturated heterocycles. The molecule has 18 atom stereocenters. The molecule has 2 amide bonds. The molecule has 0 aromatic heterocycles. The highest BCUT2D eigenvalue weighted by atomic mass is 16.8. The fourth-order valence-corrected chi connectivity index (χ4v) is 10.4. The Hall–Kier alpha value is -3.05. The van der Waals surface area contributed by atoms with Gasteiger partial charge in [0, 0.05) is 19.8 Å². The number of aliphatic carboxylic acids is 1. The van der Waals surface area contributed by atoms with Crippen LogP contribution in [0.15, 0.2) is 36.5 Å². The number of unbranched alkanes of at least 4 members (excludes halogenated alkanes) is 20. The molecule has 18 unspecified atom stereocenters. The van der Waals surface area contributed by atoms with Crippen LogP contribution in [-0.4, -0.2) is 215 Å². The van der Waals surface area contributed by atoms with Crippen LogP contribution in [0.4, 0.5) is 0 Å². The SMILES string of the molecule is CCCCC/C=C\C=C/CCCCCCCCCCCCC(=O)NC(COC1OC(CO)C(OC2OC(CO)C(O)C(OC3(C(=O)O)CC(O)C(NC(C)=O)C(C(O)C(O)CO)O3)C2O)C(O)C1O)C(O)/C=C/CCCCCCCCC. The molecule has 0 spiro atoms. The minimum absolute atomic E-state index is 0.194. The number of hydrogen-bond donors (Lipinski definition) is 14. The Morgan fingerprint density at radius 2 is 1.17 bits per heavy atom. The van der Waals surface area contributed by atoms with Crippen molar-refractivity contribution in [2.75, 3.05) is 26.4 Å². The first kappa shape index (κ1) is 73.2. The third kappa shape index (κ3) is 25.1. The van der Waals surface area contributed by atoms with Crippen LogP contribution in [-0.2, 0) is 42.8 Å². The molecule has 3 aliphatic rings. The molecule has 23 heteroatoms. The molecule has 0 aromatic rings. The summed E-state index contributed by atoms with van der Waals surface area (Å²) in [6, 6.07) is -2.62. The molecular formula is C59H104N2O21. The maximum Gasteiger partial charge on any atom is 0.364 e. The second-order valence-electron chi connectivity index (χ2n) is 22.2. The Bertz CT molecular complexity index is 1830. The second-order valence-corrected chi connectivity index (χ2v) is 22.2. The van der Waals surface area contributed by atoms with Crippen LogP contribution in [0.3, 0.4) is 0 Å². The maximum absolute atomic E-state index is 13.3. The highest BCUT2D eigenvalue weighted by molar-refractivity contribution is 5.77. The van der Waals surface area contributed by atoms with Crippen molar-refractivity contribution in [1.82, 2.24) is 10.6 Å². The number of carboxylic acids is 1. The number of carbonyl (C=O) groups excluding carboxylic acids is 2. The summed E-state index contributed by atoms with van der Waals surface area (Å²) in [5.41, 5.74) is 0. The van der Waals surface area contributed by atoms with E-state index in [1.807, 2.05) is 6.08 Å². The number of hydrogen-bond acceptors (Lipinski definition) is 20. The number of allylic oxidation sites excluding steroid dienone is 5. The van der Waals surface area contributed by atoms with Gasteiger partial charge in [-0.05, 0) is 44.9 Å². The summed E-state index contributed by atoms with van der Waals surface area (Å²) in [6.45, 7) is 2.02. The van der Waals surface area contributed by atoms with Crippen molar-refractivity contribution in [1.29, 1.82) is 0 Å². The molecule has 0 saturated carbocycles. The van der Waals surface area contributed by atoms with Crippen molar-refractivity contribution in [2.24, 2.45) is 0 Å². The predicted molar refractivity (Wildman–Crippen MR) is 301 cm³/mol. The van der Waals surface area contributed by atoms with E-state index in [1.54, 1.807) is 6.08 Å². The van der Waals surface area contributed by atoms with E-state index in [-0.39, 0.29) is 12.3 Å². The number of carbonyl (C=O) groups is 3. The van der Waals surface area contributed by atoms with E-state index < -0.39 is 155 Å². The summed E-state index contributed by atoms with van der Waals surface area (Å²) in [4.78, 5) is 38.3. The first-order valence-electron chi connectivity index (χ1n) is 30.4. The fourth-order valence-electron chi connectivity index (χ4n) is 10.4. The molecule has 476 valence electrons. The average molecular weight is 1180 g/mol. The highest BCUT2D eigenvalue weighted by Crippen LogP contribution is 2.38. The van der Waals surface area contributed by atoms with Gasteiger partial charge < -0.3 is 100 Å². The summed E-state index contributed by atoms with van der Waals surface area (Å²) in [6.07, 6.45) is 8.03. The van der Waals surface area contributed by atoms with Gasteiger partial charge in [0.25, 0.3) is 5.79 Å². The van der Waals surface area contributed by atoms with Crippen LogP contribution < -0.4 is 10.6 Å². The van der Waals surface area contributed by atoms with E-state index in [1.165, 1.54) is 64.2 Å². The molecule has 3 fully saturated rings. The molecule has 3 heterocycles. The van der Waals surface area contributed by atoms with E-state index in [0.717, 1.165) is 77.6 Å². The number of aliphatic hydroxyl groups is 11. The smallest absolute Gasteiger partial charge is 0.364 e. The van der Waals surface area contributed by atoms with Crippen LogP contribution in [0.5, 0.6) is 0 Å². The number of aliphatic hydroxyl groups excluding tert-OH is 11. The quantitative estimate of drug-likeness (QED) is 0.0237. The number of carboxylic acid groups (broad SMARTS) is 1. The van der Waals surface area contributed by atoms with Gasteiger partial charge in [0.15, 0.2) is 12.6 Å². The molecule has 14 N–H and O–H groups in total. The van der Waals surface area contributed by atoms with Crippen LogP contribution in [0.1, 0.15) is 181 Å². The molecule has 0 radical (unpaired) electrons. The minimum Gasteiger partial charge on any atom is -0.477 e. The van der Waals surface area contributed by atoms with Crippen LogP contribution in [0.25, 0.3) is 0 Å². The Morgan fingerprint density at radius 1 is 0.646 bits per heavy atom. The van der Waals surface area contributed by atoms with Gasteiger partial charge >= 0.3 is 5.97 Å². The Kier molecular flexibility index (Phi) is 36.7. The standard InChI is InChI=1S/C59H104N2O21/c1-4-6-8-10-12-14-15-16-17-18-19-20-21-22-23-25-27-29-31-33-46(69)61-40(41(66)32-30-28-26-24-13-11-9-7-5-2)38-77-56-51(73)50(72)53(45(37-64)79-56)80-57-52(74)55(49(71)44(36-63)78-57)82-59(58(75)76)34-42(67)47(60-39(3)65)54(81-59)48(70)43(68)35-62/h12,14-16,30,32,40-45,47-57,62-64,66-68,70-74H,4-11,13,17-29,31,33-38H2,1-3H3,(H,60,65)(H,61,69)(H,75,76)/b14-12-,16-15-,32-30+. The van der Waals surface area contributed by atoms with Crippen LogP contribution >= 0.6 is 0 Å².